The normalized spacial score (nSPS) is 10.4. The molecule has 5 heteroatoms. The lowest BCUT2D eigenvalue weighted by Crippen LogP contribution is -2.07. The topological polar surface area (TPSA) is 50.7 Å². The molecule has 2 aromatic rings. The van der Waals surface area contributed by atoms with Crippen LogP contribution in [0, 0.1) is 12.7 Å². The summed E-state index contributed by atoms with van der Waals surface area (Å²) in [5.41, 5.74) is 1.35. The SMILES string of the molecule is CCc1cc(NCc2ncccc2F)nc(C)n1. The molecule has 0 aliphatic heterocycles. The van der Waals surface area contributed by atoms with E-state index in [0.29, 0.717) is 23.9 Å². The number of hydrogen-bond donors (Lipinski definition) is 1. The fraction of sp³-hybridized carbons (Fsp3) is 0.308. The van der Waals surface area contributed by atoms with Gasteiger partial charge in [0.05, 0.1) is 12.2 Å². The number of aromatic nitrogens is 3. The Morgan fingerprint density at radius 3 is 2.89 bits per heavy atom. The molecule has 2 heterocycles. The molecule has 0 fully saturated rings. The van der Waals surface area contributed by atoms with E-state index in [-0.39, 0.29) is 5.82 Å². The molecular formula is C13H15FN4. The third-order valence-electron chi connectivity index (χ3n) is 2.52. The molecule has 0 bridgehead atoms. The fourth-order valence-corrected chi connectivity index (χ4v) is 1.62. The Kier molecular flexibility index (Phi) is 3.82. The Morgan fingerprint density at radius 1 is 1.33 bits per heavy atom. The van der Waals surface area contributed by atoms with Crippen LogP contribution in [0.15, 0.2) is 24.4 Å². The molecule has 0 aliphatic rings. The molecule has 0 spiro atoms. The lowest BCUT2D eigenvalue weighted by atomic mass is 10.3. The predicted octanol–water partition coefficient (Wildman–Crippen LogP) is 2.49. The summed E-state index contributed by atoms with van der Waals surface area (Å²) in [5.74, 6) is 1.09. The highest BCUT2D eigenvalue weighted by molar-refractivity contribution is 5.36. The van der Waals surface area contributed by atoms with Gasteiger partial charge in [0.1, 0.15) is 17.5 Å². The second-order valence-electron chi connectivity index (χ2n) is 3.93. The number of rotatable bonds is 4. The minimum atomic E-state index is -0.313. The van der Waals surface area contributed by atoms with Crippen LogP contribution in [0.25, 0.3) is 0 Å². The molecule has 0 saturated carbocycles. The minimum Gasteiger partial charge on any atom is -0.364 e. The lowest BCUT2D eigenvalue weighted by Gasteiger charge is -2.07. The van der Waals surface area contributed by atoms with Gasteiger partial charge in [0, 0.05) is 18.0 Å². The van der Waals surface area contributed by atoms with Crippen LogP contribution in [0.1, 0.15) is 24.1 Å². The summed E-state index contributed by atoms with van der Waals surface area (Å²) in [6.07, 6.45) is 2.42. The van der Waals surface area contributed by atoms with Crippen molar-refractivity contribution in [3.05, 3.63) is 47.4 Å². The van der Waals surface area contributed by atoms with E-state index in [1.165, 1.54) is 6.07 Å². The molecule has 1 N–H and O–H groups in total. The van der Waals surface area contributed by atoms with Crippen molar-refractivity contribution >= 4 is 5.82 Å². The molecule has 0 aromatic carbocycles. The van der Waals surface area contributed by atoms with Crippen LogP contribution in [0.5, 0.6) is 0 Å². The molecule has 0 saturated heterocycles. The minimum absolute atomic E-state index is 0.312. The Bertz CT molecular complexity index is 542. The molecule has 0 radical (unpaired) electrons. The van der Waals surface area contributed by atoms with E-state index in [1.807, 2.05) is 19.9 Å². The Morgan fingerprint density at radius 2 is 2.17 bits per heavy atom. The lowest BCUT2D eigenvalue weighted by molar-refractivity contribution is 0.602. The van der Waals surface area contributed by atoms with Crippen molar-refractivity contribution in [1.82, 2.24) is 15.0 Å². The first kappa shape index (κ1) is 12.4. The molecule has 0 aliphatic carbocycles. The third kappa shape index (κ3) is 3.00. The van der Waals surface area contributed by atoms with Crippen molar-refractivity contribution in [2.24, 2.45) is 0 Å². The summed E-state index contributed by atoms with van der Waals surface area (Å²) in [5, 5.41) is 3.06. The third-order valence-corrected chi connectivity index (χ3v) is 2.52. The van der Waals surface area contributed by atoms with Gasteiger partial charge in [0.15, 0.2) is 0 Å². The maximum absolute atomic E-state index is 13.4. The zero-order chi connectivity index (χ0) is 13.0. The number of aryl methyl sites for hydroxylation is 2. The van der Waals surface area contributed by atoms with E-state index in [4.69, 9.17) is 0 Å². The molecule has 2 aromatic heterocycles. The number of nitrogens with one attached hydrogen (secondary N) is 1. The molecular weight excluding hydrogens is 231 g/mol. The molecule has 94 valence electrons. The van der Waals surface area contributed by atoms with E-state index < -0.39 is 0 Å². The first-order chi connectivity index (χ1) is 8.69. The van der Waals surface area contributed by atoms with Crippen molar-refractivity contribution in [3.8, 4) is 0 Å². The summed E-state index contributed by atoms with van der Waals surface area (Å²) < 4.78 is 13.4. The number of pyridine rings is 1. The van der Waals surface area contributed by atoms with Crippen LogP contribution in [-0.2, 0) is 13.0 Å². The van der Waals surface area contributed by atoms with Crippen molar-refractivity contribution in [2.75, 3.05) is 5.32 Å². The van der Waals surface area contributed by atoms with Gasteiger partial charge >= 0.3 is 0 Å². The molecule has 0 atom stereocenters. The maximum atomic E-state index is 13.4. The zero-order valence-electron chi connectivity index (χ0n) is 10.4. The van der Waals surface area contributed by atoms with E-state index in [1.54, 1.807) is 12.3 Å². The highest BCUT2D eigenvalue weighted by atomic mass is 19.1. The van der Waals surface area contributed by atoms with Crippen LogP contribution in [0.2, 0.25) is 0 Å². The molecule has 2 rings (SSSR count). The number of nitrogens with zero attached hydrogens (tertiary/aromatic N) is 3. The average Bonchev–Trinajstić information content (AvgIpc) is 2.37. The van der Waals surface area contributed by atoms with Crippen LogP contribution in [0.4, 0.5) is 10.2 Å². The van der Waals surface area contributed by atoms with Gasteiger partial charge in [0.25, 0.3) is 0 Å². The summed E-state index contributed by atoms with van der Waals surface area (Å²) in [6.45, 7) is 4.18. The van der Waals surface area contributed by atoms with E-state index in [2.05, 4.69) is 20.3 Å². The summed E-state index contributed by atoms with van der Waals surface area (Å²) >= 11 is 0. The highest BCUT2D eigenvalue weighted by Gasteiger charge is 2.04. The second kappa shape index (κ2) is 5.53. The fourth-order valence-electron chi connectivity index (χ4n) is 1.62. The first-order valence-electron chi connectivity index (χ1n) is 5.87. The smallest absolute Gasteiger partial charge is 0.146 e. The van der Waals surface area contributed by atoms with Gasteiger partial charge < -0.3 is 5.32 Å². The van der Waals surface area contributed by atoms with Gasteiger partial charge in [-0.05, 0) is 25.5 Å². The monoisotopic (exact) mass is 246 g/mol. The van der Waals surface area contributed by atoms with Crippen LogP contribution < -0.4 is 5.32 Å². The van der Waals surface area contributed by atoms with Gasteiger partial charge in [-0.1, -0.05) is 6.92 Å². The largest absolute Gasteiger partial charge is 0.364 e. The molecule has 18 heavy (non-hydrogen) atoms. The van der Waals surface area contributed by atoms with Gasteiger partial charge in [-0.3, -0.25) is 4.98 Å². The van der Waals surface area contributed by atoms with Crippen molar-refractivity contribution in [2.45, 2.75) is 26.8 Å². The average molecular weight is 246 g/mol. The summed E-state index contributed by atoms with van der Waals surface area (Å²) in [7, 11) is 0. The standard InChI is InChI=1S/C13H15FN4/c1-3-10-7-13(18-9(2)17-10)16-8-12-11(14)5-4-6-15-12/h4-7H,3,8H2,1-2H3,(H,16,17,18). The highest BCUT2D eigenvalue weighted by Crippen LogP contribution is 2.10. The van der Waals surface area contributed by atoms with E-state index in [0.717, 1.165) is 12.1 Å². The second-order valence-corrected chi connectivity index (χ2v) is 3.93. The number of anilines is 1. The van der Waals surface area contributed by atoms with Crippen LogP contribution in [-0.4, -0.2) is 15.0 Å². The summed E-state index contributed by atoms with van der Waals surface area (Å²) in [6, 6.07) is 4.84. The van der Waals surface area contributed by atoms with Gasteiger partial charge in [-0.2, -0.15) is 0 Å². The number of hydrogen-bond acceptors (Lipinski definition) is 4. The van der Waals surface area contributed by atoms with Crippen molar-refractivity contribution in [3.63, 3.8) is 0 Å². The summed E-state index contributed by atoms with van der Waals surface area (Å²) in [4.78, 5) is 12.5. The van der Waals surface area contributed by atoms with Gasteiger partial charge in [0.2, 0.25) is 0 Å². The molecule has 4 nitrogen and oxygen atoms in total. The first-order valence-corrected chi connectivity index (χ1v) is 5.87. The van der Waals surface area contributed by atoms with E-state index >= 15 is 0 Å². The quantitative estimate of drug-likeness (QED) is 0.900. The maximum Gasteiger partial charge on any atom is 0.146 e. The van der Waals surface area contributed by atoms with Gasteiger partial charge in [-0.15, -0.1) is 0 Å². The predicted molar refractivity (Wildman–Crippen MR) is 67.7 cm³/mol. The van der Waals surface area contributed by atoms with E-state index in [9.17, 15) is 4.39 Å². The van der Waals surface area contributed by atoms with Crippen LogP contribution >= 0.6 is 0 Å². The Hall–Kier alpha value is -2.04. The number of halogens is 1. The Labute approximate surface area is 105 Å². The van der Waals surface area contributed by atoms with Gasteiger partial charge in [-0.25, -0.2) is 14.4 Å². The van der Waals surface area contributed by atoms with Crippen LogP contribution in [0.3, 0.4) is 0 Å². The molecule has 0 unspecified atom stereocenters. The van der Waals surface area contributed by atoms with Crippen molar-refractivity contribution < 1.29 is 4.39 Å². The Balaban J connectivity index is 2.11. The zero-order valence-corrected chi connectivity index (χ0v) is 10.4. The molecule has 0 amide bonds. The van der Waals surface area contributed by atoms with Crippen molar-refractivity contribution in [1.29, 1.82) is 0 Å².